The highest BCUT2D eigenvalue weighted by Crippen LogP contribution is 2.33. The number of esters is 1. The summed E-state index contributed by atoms with van der Waals surface area (Å²) in [5, 5.41) is 10.6. The molecule has 4 rings (SSSR count). The van der Waals surface area contributed by atoms with Crippen molar-refractivity contribution >= 4 is 46.0 Å². The molecule has 1 aromatic heterocycles. The topological polar surface area (TPSA) is 90.1 Å². The second kappa shape index (κ2) is 9.75. The Bertz CT molecular complexity index is 1490. The monoisotopic (exact) mass is 590 g/mol. The van der Waals surface area contributed by atoms with Gasteiger partial charge in [0.05, 0.1) is 35.6 Å². The lowest BCUT2D eigenvalue weighted by atomic mass is 9.95. The zero-order valence-corrected chi connectivity index (χ0v) is 22.1. The molecule has 0 saturated carbocycles. The summed E-state index contributed by atoms with van der Waals surface area (Å²) in [6.07, 6.45) is 1.62. The van der Waals surface area contributed by atoms with E-state index in [9.17, 15) is 14.7 Å². The summed E-state index contributed by atoms with van der Waals surface area (Å²) in [7, 11) is 1.48. The van der Waals surface area contributed by atoms with Crippen LogP contribution >= 0.6 is 33.9 Å². The first-order valence-corrected chi connectivity index (χ1v) is 12.5. The Kier molecular flexibility index (Phi) is 6.94. The van der Waals surface area contributed by atoms with Crippen LogP contribution < -0.4 is 19.6 Å². The second-order valence-corrected chi connectivity index (χ2v) is 10.0. The Hall–Kier alpha value is -2.92. The molecule has 2 heterocycles. The van der Waals surface area contributed by atoms with Crippen LogP contribution in [0.5, 0.6) is 11.5 Å². The predicted molar refractivity (Wildman–Crippen MR) is 139 cm³/mol. The van der Waals surface area contributed by atoms with E-state index in [4.69, 9.17) is 9.47 Å². The highest BCUT2D eigenvalue weighted by Gasteiger charge is 2.33. The van der Waals surface area contributed by atoms with Gasteiger partial charge in [-0.3, -0.25) is 9.36 Å². The van der Waals surface area contributed by atoms with E-state index >= 15 is 0 Å². The van der Waals surface area contributed by atoms with Crippen molar-refractivity contribution in [3.8, 4) is 11.5 Å². The van der Waals surface area contributed by atoms with Crippen LogP contribution in [-0.4, -0.2) is 29.4 Å². The molecule has 0 aliphatic carbocycles. The standard InChI is InChI=1S/C25H23IN2O5S/c1-5-33-24(31)20-14(3)27-25-28(21(20)15-8-6-13(2)7-9-15)23(30)19(34-25)11-16-10-17(26)12-18(32-4)22(16)29/h6-12,21,29H,5H2,1-4H3/b19-11-/t21-/m1/s1. The third-order valence-corrected chi connectivity index (χ3v) is 7.09. The number of methoxy groups -OCH3 is 1. The van der Waals surface area contributed by atoms with Gasteiger partial charge in [-0.25, -0.2) is 9.79 Å². The molecule has 9 heteroatoms. The Morgan fingerprint density at radius 1 is 1.26 bits per heavy atom. The average molecular weight is 590 g/mol. The number of benzene rings is 2. The number of carbonyl (C=O) groups is 1. The lowest BCUT2D eigenvalue weighted by Gasteiger charge is -2.24. The molecule has 1 aliphatic rings. The lowest BCUT2D eigenvalue weighted by molar-refractivity contribution is -0.139. The van der Waals surface area contributed by atoms with Crippen molar-refractivity contribution in [2.75, 3.05) is 13.7 Å². The fourth-order valence-electron chi connectivity index (χ4n) is 3.86. The van der Waals surface area contributed by atoms with Crippen molar-refractivity contribution in [3.63, 3.8) is 0 Å². The van der Waals surface area contributed by atoms with Gasteiger partial charge in [-0.15, -0.1) is 0 Å². The van der Waals surface area contributed by atoms with Gasteiger partial charge >= 0.3 is 5.97 Å². The average Bonchev–Trinajstić information content (AvgIpc) is 3.10. The van der Waals surface area contributed by atoms with Crippen molar-refractivity contribution in [3.05, 3.63) is 87.6 Å². The molecule has 0 radical (unpaired) electrons. The minimum absolute atomic E-state index is 0.0489. The maximum Gasteiger partial charge on any atom is 0.338 e. The van der Waals surface area contributed by atoms with E-state index in [1.165, 1.54) is 23.0 Å². The van der Waals surface area contributed by atoms with Gasteiger partial charge in [0, 0.05) is 9.13 Å². The first-order valence-electron chi connectivity index (χ1n) is 10.6. The molecule has 2 aromatic carbocycles. The Balaban J connectivity index is 1.97. The number of aromatic nitrogens is 1. The number of hydrogen-bond donors (Lipinski definition) is 1. The van der Waals surface area contributed by atoms with E-state index in [1.807, 2.05) is 31.2 Å². The number of halogens is 1. The maximum atomic E-state index is 13.6. The van der Waals surface area contributed by atoms with Crippen molar-refractivity contribution in [2.24, 2.45) is 4.99 Å². The molecule has 34 heavy (non-hydrogen) atoms. The molecule has 1 aliphatic heterocycles. The normalized spacial score (nSPS) is 15.7. The summed E-state index contributed by atoms with van der Waals surface area (Å²) < 4.78 is 13.3. The number of phenols is 1. The van der Waals surface area contributed by atoms with Crippen LogP contribution in [0.1, 0.15) is 36.6 Å². The van der Waals surface area contributed by atoms with E-state index < -0.39 is 12.0 Å². The minimum atomic E-state index is -0.669. The summed E-state index contributed by atoms with van der Waals surface area (Å²) >= 11 is 3.33. The van der Waals surface area contributed by atoms with Crippen LogP contribution in [0.4, 0.5) is 0 Å². The summed E-state index contributed by atoms with van der Waals surface area (Å²) in [6, 6.07) is 10.5. The molecule has 3 aromatic rings. The van der Waals surface area contributed by atoms with Gasteiger partial charge in [0.1, 0.15) is 0 Å². The number of phenolic OH excluding ortho intramolecular Hbond substituents is 1. The first kappa shape index (κ1) is 24.2. The zero-order chi connectivity index (χ0) is 24.6. The van der Waals surface area contributed by atoms with Crippen LogP contribution in [0.2, 0.25) is 0 Å². The van der Waals surface area contributed by atoms with E-state index in [0.717, 1.165) is 14.7 Å². The maximum absolute atomic E-state index is 13.6. The van der Waals surface area contributed by atoms with Crippen LogP contribution in [-0.2, 0) is 9.53 Å². The second-order valence-electron chi connectivity index (χ2n) is 7.76. The lowest BCUT2D eigenvalue weighted by Crippen LogP contribution is -2.39. The quantitative estimate of drug-likeness (QED) is 0.364. The van der Waals surface area contributed by atoms with E-state index in [2.05, 4.69) is 27.6 Å². The van der Waals surface area contributed by atoms with Crippen molar-refractivity contribution in [1.82, 2.24) is 4.57 Å². The first-order chi connectivity index (χ1) is 16.2. The third kappa shape index (κ3) is 4.41. The third-order valence-electron chi connectivity index (χ3n) is 5.49. The molecule has 0 unspecified atom stereocenters. The molecular weight excluding hydrogens is 567 g/mol. The number of fused-ring (bicyclic) bond motifs is 1. The predicted octanol–water partition coefficient (Wildman–Crippen LogP) is 3.43. The number of nitrogens with zero attached hydrogens (tertiary/aromatic N) is 2. The minimum Gasteiger partial charge on any atom is -0.504 e. The summed E-state index contributed by atoms with van der Waals surface area (Å²) in [5.41, 5.74) is 2.86. The molecule has 1 N–H and O–H groups in total. The molecule has 1 atom stereocenters. The van der Waals surface area contributed by atoms with Crippen LogP contribution in [0, 0.1) is 10.5 Å². The summed E-state index contributed by atoms with van der Waals surface area (Å²) in [4.78, 5) is 31.6. The molecule has 0 fully saturated rings. The molecule has 0 amide bonds. The SMILES string of the molecule is CCOC(=O)C1=C(C)N=c2s/c(=C\c3cc(I)cc(OC)c3O)c(=O)n2[C@@H]1c1ccc(C)cc1. The van der Waals surface area contributed by atoms with Gasteiger partial charge < -0.3 is 14.6 Å². The van der Waals surface area contributed by atoms with Crippen LogP contribution in [0.3, 0.4) is 0 Å². The highest BCUT2D eigenvalue weighted by molar-refractivity contribution is 14.1. The molecular formula is C25H23IN2O5S. The molecule has 0 saturated heterocycles. The summed E-state index contributed by atoms with van der Waals surface area (Å²) in [5.74, 6) is -0.222. The number of hydrogen-bond acceptors (Lipinski definition) is 7. The fraction of sp³-hybridized carbons (Fsp3) is 0.240. The number of ether oxygens (including phenoxy) is 2. The zero-order valence-electron chi connectivity index (χ0n) is 19.1. The van der Waals surface area contributed by atoms with E-state index in [0.29, 0.717) is 31.9 Å². The number of aromatic hydroxyl groups is 1. The molecule has 176 valence electrons. The number of rotatable bonds is 5. The van der Waals surface area contributed by atoms with Gasteiger partial charge in [-0.2, -0.15) is 0 Å². The van der Waals surface area contributed by atoms with Gasteiger partial charge in [0.25, 0.3) is 5.56 Å². The number of aryl methyl sites for hydroxylation is 1. The van der Waals surface area contributed by atoms with Gasteiger partial charge in [0.2, 0.25) is 0 Å². The van der Waals surface area contributed by atoms with Gasteiger partial charge in [0.15, 0.2) is 16.3 Å². The molecule has 0 spiro atoms. The van der Waals surface area contributed by atoms with Gasteiger partial charge in [-0.1, -0.05) is 41.2 Å². The van der Waals surface area contributed by atoms with Crippen molar-refractivity contribution < 1.29 is 19.4 Å². The van der Waals surface area contributed by atoms with Crippen molar-refractivity contribution in [1.29, 1.82) is 0 Å². The largest absolute Gasteiger partial charge is 0.504 e. The Morgan fingerprint density at radius 3 is 2.62 bits per heavy atom. The smallest absolute Gasteiger partial charge is 0.338 e. The fourth-order valence-corrected chi connectivity index (χ4v) is 5.51. The molecule has 7 nitrogen and oxygen atoms in total. The van der Waals surface area contributed by atoms with E-state index in [-0.39, 0.29) is 17.9 Å². The van der Waals surface area contributed by atoms with Gasteiger partial charge in [-0.05, 0) is 67.1 Å². The highest BCUT2D eigenvalue weighted by atomic mass is 127. The number of carbonyl (C=O) groups excluding carboxylic acids is 1. The summed E-state index contributed by atoms with van der Waals surface area (Å²) in [6.45, 7) is 5.69. The van der Waals surface area contributed by atoms with E-state index in [1.54, 1.807) is 32.1 Å². The Morgan fingerprint density at radius 2 is 1.97 bits per heavy atom. The van der Waals surface area contributed by atoms with Crippen molar-refractivity contribution in [2.45, 2.75) is 26.8 Å². The van der Waals surface area contributed by atoms with Crippen LogP contribution in [0.25, 0.3) is 6.08 Å². The number of thiazole rings is 1. The molecule has 0 bridgehead atoms. The van der Waals surface area contributed by atoms with Crippen LogP contribution in [0.15, 0.2) is 57.5 Å². The Labute approximate surface area is 213 Å². The number of allylic oxidation sites excluding steroid dienone is 1.